The molecule has 2 saturated carbocycles. The quantitative estimate of drug-likeness (QED) is 0.338. The van der Waals surface area contributed by atoms with Gasteiger partial charge in [0.15, 0.2) is 0 Å². The zero-order valence-corrected chi connectivity index (χ0v) is 25.1. The predicted octanol–water partition coefficient (Wildman–Crippen LogP) is 9.40. The first-order valence-electron chi connectivity index (χ1n) is 15.5. The summed E-state index contributed by atoms with van der Waals surface area (Å²) in [5, 5.41) is 0. The molecule has 0 unspecified atom stereocenters. The van der Waals surface area contributed by atoms with Crippen LogP contribution in [0, 0.1) is 0 Å². The molecule has 0 saturated heterocycles. The van der Waals surface area contributed by atoms with Gasteiger partial charge in [0.1, 0.15) is 0 Å². The molecule has 4 N–H and O–H groups in total. The average molecular weight is 586 g/mol. The van der Waals surface area contributed by atoms with Gasteiger partial charge in [0.25, 0.3) is 0 Å². The van der Waals surface area contributed by atoms with E-state index in [-0.39, 0.29) is 11.0 Å². The summed E-state index contributed by atoms with van der Waals surface area (Å²) < 4.78 is 12.7. The van der Waals surface area contributed by atoms with Crippen LogP contribution in [0.25, 0.3) is 0 Å². The Morgan fingerprint density at radius 3 is 1.03 bits per heavy atom. The third kappa shape index (κ3) is 11.8. The van der Waals surface area contributed by atoms with E-state index in [4.69, 9.17) is 7.70 Å². The summed E-state index contributed by atoms with van der Waals surface area (Å²) in [6, 6.07) is 17.5. The van der Waals surface area contributed by atoms with Gasteiger partial charge in [0.2, 0.25) is 0 Å². The summed E-state index contributed by atoms with van der Waals surface area (Å²) in [4.78, 5) is 0. The number of para-hydroxylation sites is 2. The Bertz CT molecular complexity index is 794. The summed E-state index contributed by atoms with van der Waals surface area (Å²) in [6.07, 6.45) is 27.2. The van der Waals surface area contributed by atoms with E-state index in [0.29, 0.717) is 27.2 Å². The zero-order chi connectivity index (χ0) is 25.4. The van der Waals surface area contributed by atoms with E-state index in [2.05, 4.69) is 48.5 Å². The van der Waals surface area contributed by atoms with Gasteiger partial charge in [-0.25, -0.2) is 0 Å². The molecular weight excluding hydrogens is 531 g/mol. The first-order chi connectivity index (χ1) is 18.4. The third-order valence-corrected chi connectivity index (χ3v) is 9.26. The molecule has 2 aromatic rings. The molecule has 4 rings (SSSR count). The molecule has 0 radical (unpaired) electrons. The number of benzene rings is 2. The maximum absolute atomic E-state index is 6.33. The van der Waals surface area contributed by atoms with Crippen LogP contribution in [-0.2, 0) is 15.3 Å². The van der Waals surface area contributed by atoms with E-state index in [1.54, 1.807) is 0 Å². The molecular formula is C34H54CoO4. The van der Waals surface area contributed by atoms with E-state index < -0.39 is 0 Å². The van der Waals surface area contributed by atoms with Crippen molar-refractivity contribution in [3.05, 3.63) is 59.7 Å². The molecule has 0 heterocycles. The molecule has 5 heteroatoms. The third-order valence-electron chi connectivity index (χ3n) is 8.63. The van der Waals surface area contributed by atoms with Gasteiger partial charge in [-0.2, -0.15) is 0 Å². The van der Waals surface area contributed by atoms with Crippen molar-refractivity contribution in [3.63, 3.8) is 0 Å². The SMILES string of the molecule is O.O.c1ccc(C2CCCCCCCCCC2)c([O][Co][O]c2ccccc2C2CCCCCCCCCC2)c1. The monoisotopic (exact) mass is 585 g/mol. The van der Waals surface area contributed by atoms with Crippen LogP contribution in [0.15, 0.2) is 48.5 Å². The van der Waals surface area contributed by atoms with Gasteiger partial charge >= 0.3 is 234 Å². The summed E-state index contributed by atoms with van der Waals surface area (Å²) >= 11 is 0.612. The van der Waals surface area contributed by atoms with Crippen LogP contribution in [0.5, 0.6) is 11.5 Å². The molecule has 0 aliphatic heterocycles. The molecule has 223 valence electrons. The van der Waals surface area contributed by atoms with Crippen molar-refractivity contribution in [1.82, 2.24) is 0 Å². The minimum atomic E-state index is 0. The molecule has 2 fully saturated rings. The van der Waals surface area contributed by atoms with Crippen molar-refractivity contribution in [2.24, 2.45) is 0 Å². The Labute approximate surface area is 244 Å². The van der Waals surface area contributed by atoms with Crippen molar-refractivity contribution >= 4 is 0 Å². The first kappa shape index (κ1) is 33.7. The van der Waals surface area contributed by atoms with Crippen molar-refractivity contribution in [1.29, 1.82) is 0 Å². The molecule has 4 nitrogen and oxygen atoms in total. The maximum atomic E-state index is 6.33. The van der Waals surface area contributed by atoms with Crippen LogP contribution in [0.2, 0.25) is 0 Å². The van der Waals surface area contributed by atoms with Crippen molar-refractivity contribution < 1.29 is 34.0 Å². The fourth-order valence-corrected chi connectivity index (χ4v) is 7.05. The number of rotatable bonds is 6. The van der Waals surface area contributed by atoms with Crippen molar-refractivity contribution in [2.45, 2.75) is 140 Å². The van der Waals surface area contributed by atoms with Crippen LogP contribution in [0.1, 0.15) is 151 Å². The zero-order valence-electron chi connectivity index (χ0n) is 24.1. The Hall–Kier alpha value is -1.53. The van der Waals surface area contributed by atoms with Crippen LogP contribution in [0.4, 0.5) is 0 Å². The number of hydrogen-bond acceptors (Lipinski definition) is 2. The van der Waals surface area contributed by atoms with Crippen LogP contribution in [0.3, 0.4) is 0 Å². The summed E-state index contributed by atoms with van der Waals surface area (Å²) in [5.41, 5.74) is 2.77. The minimum absolute atomic E-state index is 0. The molecule has 39 heavy (non-hydrogen) atoms. The molecule has 0 aromatic heterocycles. The summed E-state index contributed by atoms with van der Waals surface area (Å²) in [5.74, 6) is 3.22. The molecule has 0 bridgehead atoms. The van der Waals surface area contributed by atoms with E-state index in [0.717, 1.165) is 11.5 Å². The van der Waals surface area contributed by atoms with Gasteiger partial charge in [0.05, 0.1) is 0 Å². The predicted molar refractivity (Wildman–Crippen MR) is 159 cm³/mol. The molecule has 0 spiro atoms. The van der Waals surface area contributed by atoms with Gasteiger partial charge in [-0.05, 0) is 0 Å². The van der Waals surface area contributed by atoms with Gasteiger partial charge < -0.3 is 11.0 Å². The Kier molecular flexibility index (Phi) is 17.6. The fraction of sp³-hybridized carbons (Fsp3) is 0.647. The second-order valence-electron chi connectivity index (χ2n) is 11.5. The van der Waals surface area contributed by atoms with Gasteiger partial charge in [-0.15, -0.1) is 0 Å². The topological polar surface area (TPSA) is 81.5 Å². The second kappa shape index (κ2) is 20.4. The van der Waals surface area contributed by atoms with E-state index in [1.165, 1.54) is 140 Å². The normalized spacial score (nSPS) is 19.4. The Balaban J connectivity index is 0.00000267. The van der Waals surface area contributed by atoms with Crippen molar-refractivity contribution in [2.75, 3.05) is 0 Å². The molecule has 2 aliphatic rings. The summed E-state index contributed by atoms with van der Waals surface area (Å²) in [6.45, 7) is 0. The van der Waals surface area contributed by atoms with E-state index >= 15 is 0 Å². The van der Waals surface area contributed by atoms with Gasteiger partial charge in [0, 0.05) is 0 Å². The van der Waals surface area contributed by atoms with Crippen molar-refractivity contribution in [3.8, 4) is 11.5 Å². The average Bonchev–Trinajstić information content (AvgIpc) is 3.04. The Morgan fingerprint density at radius 1 is 0.410 bits per heavy atom. The Morgan fingerprint density at radius 2 is 0.692 bits per heavy atom. The number of hydrogen-bond donors (Lipinski definition) is 0. The molecule has 0 amide bonds. The molecule has 2 aliphatic carbocycles. The van der Waals surface area contributed by atoms with Crippen LogP contribution in [-0.4, -0.2) is 11.0 Å². The van der Waals surface area contributed by atoms with Crippen LogP contribution >= 0.6 is 0 Å². The second-order valence-corrected chi connectivity index (χ2v) is 12.1. The van der Waals surface area contributed by atoms with Gasteiger partial charge in [-0.3, -0.25) is 0 Å². The molecule has 2 aromatic carbocycles. The standard InChI is InChI=1S/2C17H26O.Co.2H2O/c2*18-17-14-10-9-13-16(17)15-11-7-5-3-1-2-4-6-8-12-15;;;/h2*9-10,13-15,18H,1-8,11-12H2;;2*1H2/q;;+2;;/p-2. The van der Waals surface area contributed by atoms with Crippen LogP contribution < -0.4 is 7.70 Å². The van der Waals surface area contributed by atoms with Gasteiger partial charge in [-0.1, -0.05) is 0 Å². The fourth-order valence-electron chi connectivity index (χ4n) is 6.43. The first-order valence-corrected chi connectivity index (χ1v) is 16.4. The van der Waals surface area contributed by atoms with E-state index in [9.17, 15) is 0 Å². The van der Waals surface area contributed by atoms with E-state index in [1.807, 2.05) is 0 Å². The molecule has 0 atom stereocenters. The summed E-state index contributed by atoms with van der Waals surface area (Å²) in [7, 11) is 0.